The van der Waals surface area contributed by atoms with Crippen LogP contribution in [-0.2, 0) is 13.0 Å². The lowest BCUT2D eigenvalue weighted by Crippen LogP contribution is -2.36. The standard InChI is InChI=1S/C22H18ClFN2O2/c1-14-11-15-5-2-3-8-20(15)26(14)22(28)16-9-10-21(27)25(12-16)13-17-18(23)6-4-7-19(17)24/h2-10,12,14H,11,13H2,1H3/t14-/m0/s1. The van der Waals surface area contributed by atoms with Crippen LogP contribution in [0.5, 0.6) is 0 Å². The topological polar surface area (TPSA) is 42.3 Å². The Kier molecular flexibility index (Phi) is 4.77. The molecule has 1 atom stereocenters. The van der Waals surface area contributed by atoms with E-state index < -0.39 is 5.82 Å². The molecule has 6 heteroatoms. The van der Waals surface area contributed by atoms with Gasteiger partial charge < -0.3 is 9.47 Å². The second-order valence-electron chi connectivity index (χ2n) is 6.94. The molecule has 28 heavy (non-hydrogen) atoms. The quantitative estimate of drug-likeness (QED) is 0.663. The highest BCUT2D eigenvalue weighted by Crippen LogP contribution is 2.33. The first-order valence-corrected chi connectivity index (χ1v) is 9.38. The molecule has 0 bridgehead atoms. The molecular weight excluding hydrogens is 379 g/mol. The number of aromatic nitrogens is 1. The van der Waals surface area contributed by atoms with E-state index in [1.165, 1.54) is 35.0 Å². The Labute approximate surface area is 166 Å². The molecule has 3 aromatic rings. The highest BCUT2D eigenvalue weighted by Gasteiger charge is 2.31. The van der Waals surface area contributed by atoms with Crippen LogP contribution < -0.4 is 10.5 Å². The van der Waals surface area contributed by atoms with Crippen molar-refractivity contribution >= 4 is 23.2 Å². The maximum atomic E-state index is 14.1. The van der Waals surface area contributed by atoms with Crippen molar-refractivity contribution < 1.29 is 9.18 Å². The summed E-state index contributed by atoms with van der Waals surface area (Å²) < 4.78 is 15.4. The fourth-order valence-electron chi connectivity index (χ4n) is 3.65. The zero-order valence-corrected chi connectivity index (χ0v) is 16.0. The van der Waals surface area contributed by atoms with Crippen LogP contribution in [0.2, 0.25) is 5.02 Å². The van der Waals surface area contributed by atoms with E-state index in [1.807, 2.05) is 31.2 Å². The first-order valence-electron chi connectivity index (χ1n) is 9.00. The van der Waals surface area contributed by atoms with Gasteiger partial charge in [-0.3, -0.25) is 9.59 Å². The molecule has 1 amide bonds. The van der Waals surface area contributed by atoms with Crippen LogP contribution in [0.15, 0.2) is 65.6 Å². The molecule has 0 aliphatic carbocycles. The average Bonchev–Trinajstić information content (AvgIpc) is 3.01. The number of nitrogens with zero attached hydrogens (tertiary/aromatic N) is 2. The van der Waals surface area contributed by atoms with E-state index in [4.69, 9.17) is 11.6 Å². The van der Waals surface area contributed by atoms with Gasteiger partial charge in [-0.25, -0.2) is 4.39 Å². The number of benzene rings is 2. The van der Waals surface area contributed by atoms with E-state index in [0.29, 0.717) is 5.56 Å². The molecule has 4 nitrogen and oxygen atoms in total. The molecule has 0 unspecified atom stereocenters. The number of anilines is 1. The average molecular weight is 397 g/mol. The smallest absolute Gasteiger partial charge is 0.260 e. The molecule has 2 aromatic carbocycles. The van der Waals surface area contributed by atoms with Crippen molar-refractivity contribution in [3.63, 3.8) is 0 Å². The Bertz CT molecular complexity index is 1110. The van der Waals surface area contributed by atoms with E-state index in [1.54, 1.807) is 11.0 Å². The minimum Gasteiger partial charge on any atom is -0.310 e. The predicted molar refractivity (Wildman–Crippen MR) is 108 cm³/mol. The summed E-state index contributed by atoms with van der Waals surface area (Å²) in [5.41, 5.74) is 2.27. The number of rotatable bonds is 3. The van der Waals surface area contributed by atoms with Crippen LogP contribution in [0.1, 0.15) is 28.4 Å². The van der Waals surface area contributed by atoms with Gasteiger partial charge in [0, 0.05) is 34.6 Å². The monoisotopic (exact) mass is 396 g/mol. The number of halogens is 2. The van der Waals surface area contributed by atoms with Crippen LogP contribution in [0.3, 0.4) is 0 Å². The number of fused-ring (bicyclic) bond motifs is 1. The van der Waals surface area contributed by atoms with Crippen molar-refractivity contribution in [2.75, 3.05) is 4.90 Å². The van der Waals surface area contributed by atoms with Crippen molar-refractivity contribution in [2.24, 2.45) is 0 Å². The molecule has 2 heterocycles. The molecule has 1 aliphatic rings. The van der Waals surface area contributed by atoms with E-state index in [9.17, 15) is 14.0 Å². The fourth-order valence-corrected chi connectivity index (χ4v) is 3.87. The van der Waals surface area contributed by atoms with E-state index in [0.717, 1.165) is 17.7 Å². The third kappa shape index (κ3) is 3.22. The van der Waals surface area contributed by atoms with Gasteiger partial charge in [-0.15, -0.1) is 0 Å². The minimum absolute atomic E-state index is 0.0197. The fraction of sp³-hybridized carbons (Fsp3) is 0.182. The normalized spacial score (nSPS) is 15.5. The summed E-state index contributed by atoms with van der Waals surface area (Å²) in [7, 11) is 0. The molecule has 1 aliphatic heterocycles. The second kappa shape index (κ2) is 7.24. The number of carbonyl (C=O) groups excluding carboxylic acids is 1. The maximum Gasteiger partial charge on any atom is 0.260 e. The van der Waals surface area contributed by atoms with E-state index in [2.05, 4.69) is 0 Å². The third-order valence-corrected chi connectivity index (χ3v) is 5.40. The van der Waals surface area contributed by atoms with Crippen molar-refractivity contribution in [1.29, 1.82) is 0 Å². The molecule has 1 aromatic heterocycles. The molecule has 0 N–H and O–H groups in total. The number of para-hydroxylation sites is 1. The van der Waals surface area contributed by atoms with Gasteiger partial charge in [0.2, 0.25) is 0 Å². The van der Waals surface area contributed by atoms with Gasteiger partial charge in [-0.1, -0.05) is 35.9 Å². The lowest BCUT2D eigenvalue weighted by Gasteiger charge is -2.23. The van der Waals surface area contributed by atoms with Crippen LogP contribution in [-0.4, -0.2) is 16.5 Å². The molecule has 0 saturated heterocycles. The number of hydrogen-bond acceptors (Lipinski definition) is 2. The van der Waals surface area contributed by atoms with Gasteiger partial charge in [-0.2, -0.15) is 0 Å². The van der Waals surface area contributed by atoms with Crippen molar-refractivity contribution in [2.45, 2.75) is 25.9 Å². The van der Waals surface area contributed by atoms with Gasteiger partial charge >= 0.3 is 0 Å². The first kappa shape index (κ1) is 18.4. The Morgan fingerprint density at radius 2 is 1.93 bits per heavy atom. The molecule has 0 spiro atoms. The number of amides is 1. The second-order valence-corrected chi connectivity index (χ2v) is 7.35. The molecule has 0 radical (unpaired) electrons. The Hall–Kier alpha value is -2.92. The maximum absolute atomic E-state index is 14.1. The van der Waals surface area contributed by atoms with Gasteiger partial charge in [0.1, 0.15) is 5.82 Å². The largest absolute Gasteiger partial charge is 0.310 e. The highest BCUT2D eigenvalue weighted by atomic mass is 35.5. The van der Waals surface area contributed by atoms with E-state index >= 15 is 0 Å². The summed E-state index contributed by atoms with van der Waals surface area (Å²) in [5.74, 6) is -0.677. The van der Waals surface area contributed by atoms with Gasteiger partial charge in [-0.05, 0) is 43.2 Å². The van der Waals surface area contributed by atoms with Crippen LogP contribution in [0.25, 0.3) is 0 Å². The van der Waals surface area contributed by atoms with Gasteiger partial charge in [0.25, 0.3) is 11.5 Å². The molecule has 0 saturated carbocycles. The molecule has 142 valence electrons. The number of pyridine rings is 1. The lowest BCUT2D eigenvalue weighted by molar-refractivity contribution is 0.0980. The SMILES string of the molecule is C[C@H]1Cc2ccccc2N1C(=O)c1ccc(=O)n(Cc2c(F)cccc2Cl)c1. The molecular formula is C22H18ClFN2O2. The van der Waals surface area contributed by atoms with Crippen LogP contribution in [0, 0.1) is 5.82 Å². The summed E-state index contributed by atoms with van der Waals surface area (Å²) in [6, 6.07) is 15.0. The van der Waals surface area contributed by atoms with Crippen molar-refractivity contribution in [3.8, 4) is 0 Å². The van der Waals surface area contributed by atoms with E-state index in [-0.39, 0.29) is 34.6 Å². The summed E-state index contributed by atoms with van der Waals surface area (Å²) in [5, 5.41) is 0.241. The van der Waals surface area contributed by atoms with Crippen LogP contribution in [0.4, 0.5) is 10.1 Å². The minimum atomic E-state index is -0.488. The van der Waals surface area contributed by atoms with Crippen molar-refractivity contribution in [3.05, 3.63) is 98.7 Å². The first-order chi connectivity index (χ1) is 13.5. The zero-order valence-electron chi connectivity index (χ0n) is 15.2. The van der Waals surface area contributed by atoms with Gasteiger partial charge in [0.05, 0.1) is 12.1 Å². The Morgan fingerprint density at radius 3 is 2.71 bits per heavy atom. The summed E-state index contributed by atoms with van der Waals surface area (Å²) in [4.78, 5) is 27.2. The highest BCUT2D eigenvalue weighted by molar-refractivity contribution is 6.31. The number of carbonyl (C=O) groups is 1. The van der Waals surface area contributed by atoms with Crippen LogP contribution >= 0.6 is 11.6 Å². The third-order valence-electron chi connectivity index (χ3n) is 5.05. The van der Waals surface area contributed by atoms with Crippen molar-refractivity contribution in [1.82, 2.24) is 4.57 Å². The summed E-state index contributed by atoms with van der Waals surface area (Å²) in [6.45, 7) is 1.95. The van der Waals surface area contributed by atoms with Gasteiger partial charge in [0.15, 0.2) is 0 Å². The number of hydrogen-bond donors (Lipinski definition) is 0. The summed E-state index contributed by atoms with van der Waals surface area (Å²) in [6.07, 6.45) is 2.26. The Morgan fingerprint density at radius 1 is 1.14 bits per heavy atom. The molecule has 4 rings (SSSR count). The Balaban J connectivity index is 1.70. The molecule has 0 fully saturated rings. The zero-order chi connectivity index (χ0) is 19.8. The predicted octanol–water partition coefficient (Wildman–Crippen LogP) is 4.28. The lowest BCUT2D eigenvalue weighted by atomic mass is 10.1. The summed E-state index contributed by atoms with van der Waals surface area (Å²) >= 11 is 6.08.